The van der Waals surface area contributed by atoms with Crippen molar-refractivity contribution in [1.82, 2.24) is 10.2 Å². The number of hydrogen-bond donors (Lipinski definition) is 1. The number of nitrogens with zero attached hydrogens (tertiary/aromatic N) is 2. The lowest BCUT2D eigenvalue weighted by molar-refractivity contribution is -0.117. The predicted octanol–water partition coefficient (Wildman–Crippen LogP) is 3.60. The van der Waals surface area contributed by atoms with Crippen LogP contribution in [0.5, 0.6) is 0 Å². The summed E-state index contributed by atoms with van der Waals surface area (Å²) in [5.41, 5.74) is 2.60. The van der Waals surface area contributed by atoms with E-state index in [1.54, 1.807) is 11.8 Å². The van der Waals surface area contributed by atoms with Gasteiger partial charge in [0.2, 0.25) is 5.91 Å². The van der Waals surface area contributed by atoms with Crippen LogP contribution < -0.4 is 5.32 Å². The van der Waals surface area contributed by atoms with E-state index in [2.05, 4.69) is 22.4 Å². The van der Waals surface area contributed by atoms with E-state index >= 15 is 0 Å². The van der Waals surface area contributed by atoms with Crippen molar-refractivity contribution < 1.29 is 4.79 Å². The minimum atomic E-state index is 0.118. The number of rotatable bonds is 5. The minimum absolute atomic E-state index is 0.118. The van der Waals surface area contributed by atoms with Crippen LogP contribution in [0.25, 0.3) is 11.3 Å². The summed E-state index contributed by atoms with van der Waals surface area (Å²) in [6.07, 6.45) is 2.01. The van der Waals surface area contributed by atoms with Crippen molar-refractivity contribution in [2.24, 2.45) is 5.92 Å². The summed E-state index contributed by atoms with van der Waals surface area (Å²) in [6, 6.07) is 11.7. The lowest BCUT2D eigenvalue weighted by atomic mass is 10.1. The maximum atomic E-state index is 11.8. The van der Waals surface area contributed by atoms with Crippen LogP contribution in [0.3, 0.4) is 0 Å². The summed E-state index contributed by atoms with van der Waals surface area (Å²) in [6.45, 7) is 2.09. The Labute approximate surface area is 128 Å². The molecule has 1 fully saturated rings. The molecule has 21 heavy (non-hydrogen) atoms. The number of aromatic nitrogens is 2. The number of hydrogen-bond acceptors (Lipinski definition) is 4. The molecule has 0 saturated heterocycles. The molecule has 4 nitrogen and oxygen atoms in total. The van der Waals surface area contributed by atoms with E-state index in [1.165, 1.54) is 0 Å². The van der Waals surface area contributed by atoms with Crippen molar-refractivity contribution in [2.45, 2.75) is 24.8 Å². The number of carbonyl (C=O) groups is 1. The Bertz CT molecular complexity index is 638. The van der Waals surface area contributed by atoms with Crippen molar-refractivity contribution in [1.29, 1.82) is 0 Å². The zero-order valence-corrected chi connectivity index (χ0v) is 12.7. The normalized spacial score (nSPS) is 14.0. The van der Waals surface area contributed by atoms with Gasteiger partial charge in [0.25, 0.3) is 0 Å². The molecule has 0 unspecified atom stereocenters. The quantitative estimate of drug-likeness (QED) is 0.857. The van der Waals surface area contributed by atoms with Crippen molar-refractivity contribution in [2.75, 3.05) is 11.1 Å². The summed E-state index contributed by atoms with van der Waals surface area (Å²) in [5, 5.41) is 12.3. The predicted molar refractivity (Wildman–Crippen MR) is 85.2 cm³/mol. The number of carbonyl (C=O) groups excluding carboxylic acids is 1. The first kappa shape index (κ1) is 14.1. The SMILES string of the molecule is CCSc1ccc(-c2cccc(NC(=O)C3CC3)c2)nn1. The Morgan fingerprint density at radius 3 is 2.81 bits per heavy atom. The lowest BCUT2D eigenvalue weighted by Crippen LogP contribution is -2.13. The van der Waals surface area contributed by atoms with E-state index in [1.807, 2.05) is 36.4 Å². The molecule has 2 aromatic rings. The molecule has 1 heterocycles. The number of thioether (sulfide) groups is 1. The highest BCUT2D eigenvalue weighted by atomic mass is 32.2. The standard InChI is InChI=1S/C16H17N3OS/c1-2-21-15-9-8-14(18-19-15)12-4-3-5-13(10-12)17-16(20)11-6-7-11/h3-5,8-11H,2,6-7H2,1H3,(H,17,20). The monoisotopic (exact) mass is 299 g/mol. The third-order valence-electron chi connectivity index (χ3n) is 3.31. The second-order valence-electron chi connectivity index (χ2n) is 5.03. The summed E-state index contributed by atoms with van der Waals surface area (Å²) in [5.74, 6) is 1.31. The van der Waals surface area contributed by atoms with E-state index in [4.69, 9.17) is 0 Å². The summed E-state index contributed by atoms with van der Waals surface area (Å²) >= 11 is 1.67. The molecule has 1 aliphatic rings. The molecule has 0 bridgehead atoms. The summed E-state index contributed by atoms with van der Waals surface area (Å²) in [7, 11) is 0. The maximum absolute atomic E-state index is 11.8. The first-order valence-corrected chi connectivity index (χ1v) is 8.12. The molecule has 5 heteroatoms. The van der Waals surface area contributed by atoms with E-state index in [0.29, 0.717) is 0 Å². The third-order valence-corrected chi connectivity index (χ3v) is 4.11. The van der Waals surface area contributed by atoms with Crippen LogP contribution in [0, 0.1) is 5.92 Å². The van der Waals surface area contributed by atoms with Crippen LogP contribution in [-0.4, -0.2) is 21.9 Å². The van der Waals surface area contributed by atoms with Gasteiger partial charge in [-0.05, 0) is 42.9 Å². The highest BCUT2D eigenvalue weighted by Gasteiger charge is 2.29. The van der Waals surface area contributed by atoms with Gasteiger partial charge in [-0.25, -0.2) is 0 Å². The number of amides is 1. The molecule has 1 aliphatic carbocycles. The Morgan fingerprint density at radius 2 is 2.14 bits per heavy atom. The minimum Gasteiger partial charge on any atom is -0.326 e. The fraction of sp³-hybridized carbons (Fsp3) is 0.312. The van der Waals surface area contributed by atoms with Gasteiger partial charge in [-0.3, -0.25) is 4.79 Å². The highest BCUT2D eigenvalue weighted by Crippen LogP contribution is 2.30. The Hall–Kier alpha value is -1.88. The van der Waals surface area contributed by atoms with Crippen LogP contribution >= 0.6 is 11.8 Å². The smallest absolute Gasteiger partial charge is 0.227 e. The molecular weight excluding hydrogens is 282 g/mol. The Kier molecular flexibility index (Phi) is 4.20. The maximum Gasteiger partial charge on any atom is 0.227 e. The zero-order chi connectivity index (χ0) is 14.7. The van der Waals surface area contributed by atoms with E-state index in [-0.39, 0.29) is 11.8 Å². The average Bonchev–Trinajstić information content (AvgIpc) is 3.33. The lowest BCUT2D eigenvalue weighted by Gasteiger charge is -2.06. The Balaban J connectivity index is 1.76. The molecule has 1 aromatic heterocycles. The molecule has 1 amide bonds. The van der Waals surface area contributed by atoms with Crippen molar-refractivity contribution >= 4 is 23.4 Å². The average molecular weight is 299 g/mol. The first-order chi connectivity index (χ1) is 10.3. The molecule has 1 N–H and O–H groups in total. The fourth-order valence-corrected chi connectivity index (χ4v) is 2.60. The largest absolute Gasteiger partial charge is 0.326 e. The van der Waals surface area contributed by atoms with Gasteiger partial charge in [0.1, 0.15) is 5.03 Å². The van der Waals surface area contributed by atoms with Crippen LogP contribution in [0.4, 0.5) is 5.69 Å². The molecule has 1 aromatic carbocycles. The van der Waals surface area contributed by atoms with Crippen molar-refractivity contribution in [3.8, 4) is 11.3 Å². The van der Waals surface area contributed by atoms with Gasteiger partial charge in [0.05, 0.1) is 5.69 Å². The fourth-order valence-electron chi connectivity index (χ4n) is 2.04. The first-order valence-electron chi connectivity index (χ1n) is 7.14. The summed E-state index contributed by atoms with van der Waals surface area (Å²) in [4.78, 5) is 11.8. The van der Waals surface area contributed by atoms with Gasteiger partial charge in [0.15, 0.2) is 0 Å². The summed E-state index contributed by atoms with van der Waals surface area (Å²) < 4.78 is 0. The van der Waals surface area contributed by atoms with E-state index in [9.17, 15) is 4.79 Å². The number of anilines is 1. The van der Waals surface area contributed by atoms with Crippen LogP contribution in [0.2, 0.25) is 0 Å². The highest BCUT2D eigenvalue weighted by molar-refractivity contribution is 7.99. The third kappa shape index (κ3) is 3.61. The van der Waals surface area contributed by atoms with Gasteiger partial charge < -0.3 is 5.32 Å². The second kappa shape index (κ2) is 6.26. The van der Waals surface area contributed by atoms with Crippen LogP contribution in [0.1, 0.15) is 19.8 Å². The molecule has 0 spiro atoms. The molecule has 0 atom stereocenters. The van der Waals surface area contributed by atoms with Gasteiger partial charge in [-0.1, -0.05) is 19.1 Å². The Morgan fingerprint density at radius 1 is 1.29 bits per heavy atom. The zero-order valence-electron chi connectivity index (χ0n) is 11.9. The van der Waals surface area contributed by atoms with Gasteiger partial charge in [-0.2, -0.15) is 0 Å². The molecule has 1 saturated carbocycles. The van der Waals surface area contributed by atoms with Gasteiger partial charge in [-0.15, -0.1) is 22.0 Å². The van der Waals surface area contributed by atoms with E-state index in [0.717, 1.165) is 40.6 Å². The van der Waals surface area contributed by atoms with Gasteiger partial charge in [0, 0.05) is 17.2 Å². The molecule has 0 radical (unpaired) electrons. The number of benzene rings is 1. The topological polar surface area (TPSA) is 54.9 Å². The molecule has 0 aliphatic heterocycles. The number of nitrogens with one attached hydrogen (secondary N) is 1. The van der Waals surface area contributed by atoms with Gasteiger partial charge >= 0.3 is 0 Å². The van der Waals surface area contributed by atoms with E-state index < -0.39 is 0 Å². The molecule has 108 valence electrons. The molecule has 3 rings (SSSR count). The van der Waals surface area contributed by atoms with Crippen molar-refractivity contribution in [3.63, 3.8) is 0 Å². The second-order valence-corrected chi connectivity index (χ2v) is 6.32. The molecular formula is C16H17N3OS. The van der Waals surface area contributed by atoms with Crippen LogP contribution in [-0.2, 0) is 4.79 Å². The van der Waals surface area contributed by atoms with Crippen LogP contribution in [0.15, 0.2) is 41.4 Å². The van der Waals surface area contributed by atoms with Crippen molar-refractivity contribution in [3.05, 3.63) is 36.4 Å².